The lowest BCUT2D eigenvalue weighted by Crippen LogP contribution is -2.48. The Morgan fingerprint density at radius 3 is 2.17 bits per heavy atom. The molecule has 1 fully saturated rings. The van der Waals surface area contributed by atoms with Crippen molar-refractivity contribution in [3.05, 3.63) is 59.7 Å². The second kappa shape index (κ2) is 10.6. The van der Waals surface area contributed by atoms with Crippen LogP contribution < -0.4 is 20.5 Å². The zero-order valence-electron chi connectivity index (χ0n) is 17.7. The lowest BCUT2D eigenvalue weighted by Gasteiger charge is -2.36. The monoisotopic (exact) mass is 410 g/mol. The minimum atomic E-state index is -0.387. The highest BCUT2D eigenvalue weighted by atomic mass is 16.5. The fraction of sp³-hybridized carbons (Fsp3) is 0.391. The molecule has 3 rings (SSSR count). The molecule has 0 aliphatic carbocycles. The van der Waals surface area contributed by atoms with Crippen molar-refractivity contribution in [3.63, 3.8) is 0 Å². The first-order valence-electron chi connectivity index (χ1n) is 10.3. The molecule has 30 heavy (non-hydrogen) atoms. The van der Waals surface area contributed by atoms with Gasteiger partial charge in [-0.3, -0.25) is 25.3 Å². The van der Waals surface area contributed by atoms with Crippen LogP contribution in [0.4, 0.5) is 5.69 Å². The zero-order chi connectivity index (χ0) is 21.3. The van der Waals surface area contributed by atoms with Crippen molar-refractivity contribution < 1.29 is 14.3 Å². The summed E-state index contributed by atoms with van der Waals surface area (Å²) in [6.07, 6.45) is 0.337. The Labute approximate surface area is 178 Å². The minimum absolute atomic E-state index is 0.145. The number of amides is 2. The molecule has 0 bridgehead atoms. The SMILES string of the molecule is Cc1cccc(C)c1OCC(=O)NNC(=O)CCN1CCN(c2ccccc2)CC1. The van der Waals surface area contributed by atoms with Crippen LogP contribution in [-0.4, -0.2) is 56.0 Å². The number of benzene rings is 2. The van der Waals surface area contributed by atoms with E-state index in [0.717, 1.165) is 37.3 Å². The fourth-order valence-electron chi connectivity index (χ4n) is 3.53. The minimum Gasteiger partial charge on any atom is -0.483 e. The number of para-hydroxylation sites is 2. The van der Waals surface area contributed by atoms with E-state index in [2.05, 4.69) is 32.8 Å². The quantitative estimate of drug-likeness (QED) is 0.684. The van der Waals surface area contributed by atoms with Crippen LogP contribution in [0, 0.1) is 13.8 Å². The van der Waals surface area contributed by atoms with Gasteiger partial charge in [0.1, 0.15) is 5.75 Å². The van der Waals surface area contributed by atoms with Gasteiger partial charge in [-0.05, 0) is 37.1 Å². The largest absolute Gasteiger partial charge is 0.483 e. The average molecular weight is 411 g/mol. The van der Waals surface area contributed by atoms with Crippen molar-refractivity contribution in [1.82, 2.24) is 15.8 Å². The van der Waals surface area contributed by atoms with Gasteiger partial charge < -0.3 is 9.64 Å². The van der Waals surface area contributed by atoms with Gasteiger partial charge in [0.2, 0.25) is 5.91 Å². The number of piperazine rings is 1. The maximum Gasteiger partial charge on any atom is 0.276 e. The lowest BCUT2D eigenvalue weighted by molar-refractivity contribution is -0.130. The summed E-state index contributed by atoms with van der Waals surface area (Å²) in [6.45, 7) is 8.10. The molecule has 0 atom stereocenters. The van der Waals surface area contributed by atoms with Crippen molar-refractivity contribution in [2.45, 2.75) is 20.3 Å². The van der Waals surface area contributed by atoms with Crippen LogP contribution in [-0.2, 0) is 9.59 Å². The third kappa shape index (κ3) is 6.22. The Kier molecular flexibility index (Phi) is 7.68. The van der Waals surface area contributed by atoms with E-state index < -0.39 is 0 Å². The number of nitrogens with one attached hydrogen (secondary N) is 2. The molecule has 1 saturated heterocycles. The number of anilines is 1. The van der Waals surface area contributed by atoms with Crippen LogP contribution in [0.15, 0.2) is 48.5 Å². The molecule has 7 heteroatoms. The highest BCUT2D eigenvalue weighted by Gasteiger charge is 2.17. The van der Waals surface area contributed by atoms with E-state index in [4.69, 9.17) is 4.74 Å². The van der Waals surface area contributed by atoms with Crippen LogP contribution in [0.25, 0.3) is 0 Å². The first-order valence-corrected chi connectivity index (χ1v) is 10.3. The van der Waals surface area contributed by atoms with E-state index in [0.29, 0.717) is 18.7 Å². The normalized spacial score (nSPS) is 14.3. The average Bonchev–Trinajstić information content (AvgIpc) is 2.77. The molecule has 0 saturated carbocycles. The highest BCUT2D eigenvalue weighted by Crippen LogP contribution is 2.22. The van der Waals surface area contributed by atoms with Gasteiger partial charge in [-0.25, -0.2) is 0 Å². The van der Waals surface area contributed by atoms with Crippen molar-refractivity contribution in [2.24, 2.45) is 0 Å². The Morgan fingerprint density at radius 2 is 1.50 bits per heavy atom. The summed E-state index contributed by atoms with van der Waals surface area (Å²) in [5.41, 5.74) is 8.06. The number of nitrogens with zero attached hydrogens (tertiary/aromatic N) is 2. The highest BCUT2D eigenvalue weighted by molar-refractivity contribution is 5.82. The smallest absolute Gasteiger partial charge is 0.276 e. The Bertz CT molecular complexity index is 829. The van der Waals surface area contributed by atoms with E-state index in [9.17, 15) is 9.59 Å². The molecular weight excluding hydrogens is 380 g/mol. The molecule has 0 aromatic heterocycles. The van der Waals surface area contributed by atoms with Crippen molar-refractivity contribution in [1.29, 1.82) is 0 Å². The van der Waals surface area contributed by atoms with Gasteiger partial charge in [0.15, 0.2) is 6.61 Å². The van der Waals surface area contributed by atoms with Gasteiger partial charge in [0, 0.05) is 44.8 Å². The van der Waals surface area contributed by atoms with Crippen molar-refractivity contribution in [3.8, 4) is 5.75 Å². The summed E-state index contributed by atoms with van der Waals surface area (Å²) >= 11 is 0. The molecule has 2 amide bonds. The molecule has 0 spiro atoms. The summed E-state index contributed by atoms with van der Waals surface area (Å²) in [4.78, 5) is 28.6. The fourth-order valence-corrected chi connectivity index (χ4v) is 3.53. The van der Waals surface area contributed by atoms with Gasteiger partial charge in [-0.15, -0.1) is 0 Å². The number of hydrogen-bond donors (Lipinski definition) is 2. The molecule has 0 radical (unpaired) electrons. The van der Waals surface area contributed by atoms with Gasteiger partial charge in [0.05, 0.1) is 0 Å². The Morgan fingerprint density at radius 1 is 0.867 bits per heavy atom. The van der Waals surface area contributed by atoms with Crippen LogP contribution in [0.2, 0.25) is 0 Å². The van der Waals surface area contributed by atoms with E-state index >= 15 is 0 Å². The maximum absolute atomic E-state index is 12.1. The molecular formula is C23H30N4O3. The maximum atomic E-state index is 12.1. The number of rotatable bonds is 7. The molecule has 2 aromatic carbocycles. The summed E-state index contributed by atoms with van der Waals surface area (Å²) in [6, 6.07) is 16.2. The predicted molar refractivity (Wildman–Crippen MR) is 117 cm³/mol. The first-order chi connectivity index (χ1) is 14.5. The summed E-state index contributed by atoms with van der Waals surface area (Å²) < 4.78 is 5.59. The predicted octanol–water partition coefficient (Wildman–Crippen LogP) is 2.04. The Hall–Kier alpha value is -3.06. The number of ether oxygens (including phenoxy) is 1. The van der Waals surface area contributed by atoms with Crippen LogP contribution in [0.1, 0.15) is 17.5 Å². The van der Waals surface area contributed by atoms with Gasteiger partial charge >= 0.3 is 0 Å². The van der Waals surface area contributed by atoms with Crippen LogP contribution in [0.5, 0.6) is 5.75 Å². The molecule has 160 valence electrons. The number of hydrogen-bond acceptors (Lipinski definition) is 5. The summed E-state index contributed by atoms with van der Waals surface area (Å²) in [5.74, 6) is 0.108. The first kappa shape index (κ1) is 21.6. The van der Waals surface area contributed by atoms with Crippen LogP contribution in [0.3, 0.4) is 0 Å². The van der Waals surface area contributed by atoms with Gasteiger partial charge in [-0.2, -0.15) is 0 Å². The molecule has 7 nitrogen and oxygen atoms in total. The van der Waals surface area contributed by atoms with E-state index in [1.54, 1.807) is 0 Å². The molecule has 1 heterocycles. The standard InChI is InChI=1S/C23H30N4O3/c1-18-7-6-8-19(2)23(18)30-17-22(29)25-24-21(28)11-12-26-13-15-27(16-14-26)20-9-4-3-5-10-20/h3-10H,11-17H2,1-2H3,(H,24,28)(H,25,29). The number of aryl methyl sites for hydroxylation is 2. The third-order valence-electron chi connectivity index (χ3n) is 5.25. The van der Waals surface area contributed by atoms with E-state index in [1.807, 2.05) is 50.2 Å². The topological polar surface area (TPSA) is 73.9 Å². The molecule has 1 aliphatic heterocycles. The second-order valence-electron chi connectivity index (χ2n) is 7.52. The van der Waals surface area contributed by atoms with Gasteiger partial charge in [0.25, 0.3) is 5.91 Å². The van der Waals surface area contributed by atoms with Gasteiger partial charge in [-0.1, -0.05) is 36.4 Å². The van der Waals surface area contributed by atoms with E-state index in [-0.39, 0.29) is 18.4 Å². The summed E-state index contributed by atoms with van der Waals surface area (Å²) in [7, 11) is 0. The van der Waals surface area contributed by atoms with E-state index in [1.165, 1.54) is 5.69 Å². The number of hydrazine groups is 1. The molecule has 1 aliphatic rings. The third-order valence-corrected chi connectivity index (χ3v) is 5.25. The molecule has 2 aromatic rings. The van der Waals surface area contributed by atoms with Crippen molar-refractivity contribution in [2.75, 3.05) is 44.2 Å². The molecule has 2 N–H and O–H groups in total. The number of carbonyl (C=O) groups excluding carboxylic acids is 2. The lowest BCUT2D eigenvalue weighted by atomic mass is 10.1. The molecule has 0 unspecified atom stereocenters. The second-order valence-corrected chi connectivity index (χ2v) is 7.52. The zero-order valence-corrected chi connectivity index (χ0v) is 17.7. The van der Waals surface area contributed by atoms with Crippen LogP contribution >= 0.6 is 0 Å². The Balaban J connectivity index is 1.31. The summed E-state index contributed by atoms with van der Waals surface area (Å²) in [5, 5.41) is 0. The van der Waals surface area contributed by atoms with Crippen molar-refractivity contribution >= 4 is 17.5 Å². The number of carbonyl (C=O) groups is 2.